The first-order valence-electron chi connectivity index (χ1n) is 7.18. The number of nitrogens with one attached hydrogen (secondary N) is 1. The van der Waals surface area contributed by atoms with Crippen molar-refractivity contribution in [3.63, 3.8) is 0 Å². The molecule has 1 aliphatic carbocycles. The van der Waals surface area contributed by atoms with Crippen molar-refractivity contribution >= 4 is 5.91 Å². The van der Waals surface area contributed by atoms with Gasteiger partial charge in [-0.1, -0.05) is 24.8 Å². The van der Waals surface area contributed by atoms with Gasteiger partial charge in [-0.2, -0.15) is 0 Å². The van der Waals surface area contributed by atoms with Crippen molar-refractivity contribution in [2.75, 3.05) is 13.1 Å². The molecule has 0 heterocycles. The van der Waals surface area contributed by atoms with Gasteiger partial charge in [0.15, 0.2) is 0 Å². The Morgan fingerprint density at radius 1 is 1.45 bits per heavy atom. The molecule has 1 amide bonds. The second kappa shape index (κ2) is 6.11. The van der Waals surface area contributed by atoms with Crippen molar-refractivity contribution in [3.05, 3.63) is 34.9 Å². The summed E-state index contributed by atoms with van der Waals surface area (Å²) in [6, 6.07) is 5.64. The highest BCUT2D eigenvalue weighted by Crippen LogP contribution is 2.47. The summed E-state index contributed by atoms with van der Waals surface area (Å²) >= 11 is 0. The predicted octanol–water partition coefficient (Wildman–Crippen LogP) is 2.23. The molecule has 1 aromatic carbocycles. The third kappa shape index (κ3) is 3.20. The van der Waals surface area contributed by atoms with Crippen LogP contribution in [0.1, 0.15) is 47.7 Å². The van der Waals surface area contributed by atoms with Crippen LogP contribution in [-0.4, -0.2) is 19.0 Å². The van der Waals surface area contributed by atoms with Gasteiger partial charge in [0.25, 0.3) is 5.91 Å². The van der Waals surface area contributed by atoms with Gasteiger partial charge in [0.05, 0.1) is 6.54 Å². The monoisotopic (exact) mass is 270 g/mol. The number of rotatable bonds is 4. The Kier molecular flexibility index (Phi) is 4.46. The molecule has 0 aromatic heterocycles. The Labute approximate surface area is 120 Å². The third-order valence-electron chi connectivity index (χ3n) is 4.23. The summed E-state index contributed by atoms with van der Waals surface area (Å²) in [5.41, 5.74) is 8.26. The van der Waals surface area contributed by atoms with Gasteiger partial charge in [0.1, 0.15) is 0 Å². The van der Waals surface area contributed by atoms with Crippen molar-refractivity contribution < 1.29 is 4.79 Å². The Balaban J connectivity index is 2.09. The fraction of sp³-hybridized carbons (Fsp3) is 0.471. The molecule has 1 fully saturated rings. The maximum atomic E-state index is 12.3. The first kappa shape index (κ1) is 14.6. The van der Waals surface area contributed by atoms with E-state index in [-0.39, 0.29) is 5.91 Å². The summed E-state index contributed by atoms with van der Waals surface area (Å²) in [6.07, 6.45) is 3.59. The van der Waals surface area contributed by atoms with Gasteiger partial charge in [-0.05, 0) is 49.3 Å². The van der Waals surface area contributed by atoms with Gasteiger partial charge >= 0.3 is 0 Å². The minimum Gasteiger partial charge on any atom is -0.351 e. The van der Waals surface area contributed by atoms with Crippen LogP contribution in [0.2, 0.25) is 0 Å². The van der Waals surface area contributed by atoms with Crippen molar-refractivity contribution in [1.29, 1.82) is 0 Å². The van der Waals surface area contributed by atoms with E-state index < -0.39 is 0 Å². The number of hydrogen-bond acceptors (Lipinski definition) is 2. The molecule has 1 aliphatic rings. The summed E-state index contributed by atoms with van der Waals surface area (Å²) in [5.74, 6) is 5.84. The summed E-state index contributed by atoms with van der Waals surface area (Å²) in [7, 11) is 0. The zero-order valence-corrected chi connectivity index (χ0v) is 12.3. The van der Waals surface area contributed by atoms with Crippen LogP contribution in [0, 0.1) is 24.2 Å². The molecule has 3 N–H and O–H groups in total. The maximum Gasteiger partial charge on any atom is 0.251 e. The van der Waals surface area contributed by atoms with Crippen molar-refractivity contribution in [3.8, 4) is 11.8 Å². The molecule has 0 radical (unpaired) electrons. The highest BCUT2D eigenvalue weighted by atomic mass is 16.1. The highest BCUT2D eigenvalue weighted by Gasteiger charge is 2.40. The number of benzene rings is 1. The lowest BCUT2D eigenvalue weighted by Gasteiger charge is -2.14. The van der Waals surface area contributed by atoms with Crippen LogP contribution in [0.4, 0.5) is 0 Å². The van der Waals surface area contributed by atoms with Gasteiger partial charge in [-0.3, -0.25) is 4.79 Å². The molecular weight excluding hydrogens is 248 g/mol. The number of nitrogens with two attached hydrogens (primary N) is 1. The van der Waals surface area contributed by atoms with Gasteiger partial charge in [-0.15, -0.1) is 0 Å². The third-order valence-corrected chi connectivity index (χ3v) is 4.23. The van der Waals surface area contributed by atoms with E-state index >= 15 is 0 Å². The van der Waals surface area contributed by atoms with E-state index in [0.717, 1.165) is 24.1 Å². The molecule has 0 unspecified atom stereocenters. The Morgan fingerprint density at radius 2 is 2.20 bits per heavy atom. The van der Waals surface area contributed by atoms with E-state index in [0.29, 0.717) is 17.5 Å². The van der Waals surface area contributed by atoms with E-state index in [2.05, 4.69) is 24.1 Å². The zero-order valence-electron chi connectivity index (χ0n) is 12.3. The van der Waals surface area contributed by atoms with Crippen molar-refractivity contribution in [2.45, 2.75) is 33.1 Å². The lowest BCUT2D eigenvalue weighted by atomic mass is 10.0. The summed E-state index contributed by atoms with van der Waals surface area (Å²) in [4.78, 5) is 12.3. The topological polar surface area (TPSA) is 55.1 Å². The number of carbonyl (C=O) groups excluding carboxylic acids is 1. The van der Waals surface area contributed by atoms with E-state index in [9.17, 15) is 4.79 Å². The van der Waals surface area contributed by atoms with Crippen LogP contribution in [0.15, 0.2) is 18.2 Å². The first-order valence-corrected chi connectivity index (χ1v) is 7.18. The molecule has 1 aromatic rings. The minimum atomic E-state index is -0.00127. The molecule has 3 nitrogen and oxygen atoms in total. The number of carbonyl (C=O) groups is 1. The average Bonchev–Trinajstić information content (AvgIpc) is 3.24. The van der Waals surface area contributed by atoms with Crippen LogP contribution >= 0.6 is 0 Å². The first-order chi connectivity index (χ1) is 9.62. The Hall–Kier alpha value is -1.79. The summed E-state index contributed by atoms with van der Waals surface area (Å²) in [5, 5.41) is 3.06. The van der Waals surface area contributed by atoms with Crippen LogP contribution in [0.3, 0.4) is 0 Å². The number of amides is 1. The van der Waals surface area contributed by atoms with Gasteiger partial charge in [-0.25, -0.2) is 0 Å². The quantitative estimate of drug-likeness (QED) is 0.824. The van der Waals surface area contributed by atoms with E-state index in [1.54, 1.807) is 0 Å². The van der Waals surface area contributed by atoms with Gasteiger partial charge < -0.3 is 11.1 Å². The Morgan fingerprint density at radius 3 is 2.80 bits per heavy atom. The molecule has 1 saturated carbocycles. The predicted molar refractivity (Wildman–Crippen MR) is 81.4 cm³/mol. The molecule has 0 spiro atoms. The van der Waals surface area contributed by atoms with Crippen LogP contribution < -0.4 is 11.1 Å². The highest BCUT2D eigenvalue weighted by molar-refractivity contribution is 5.96. The molecule has 0 saturated heterocycles. The average molecular weight is 270 g/mol. The molecule has 0 aliphatic heterocycles. The van der Waals surface area contributed by atoms with Crippen molar-refractivity contribution in [1.82, 2.24) is 5.32 Å². The standard InChI is InChI=1S/C17H22N2O/c1-3-17(9-10-17)12-19-16(20)15-8-4-6-14(13(15)2)7-5-11-18/h4,6,8H,3,9-12,18H2,1-2H3,(H,19,20). The largest absolute Gasteiger partial charge is 0.351 e. The van der Waals surface area contributed by atoms with Crippen LogP contribution in [0.5, 0.6) is 0 Å². The van der Waals surface area contributed by atoms with E-state index in [1.165, 1.54) is 12.8 Å². The normalized spacial score (nSPS) is 15.2. The summed E-state index contributed by atoms with van der Waals surface area (Å²) in [6.45, 7) is 5.23. The van der Waals surface area contributed by atoms with E-state index in [4.69, 9.17) is 5.73 Å². The van der Waals surface area contributed by atoms with Crippen LogP contribution in [0.25, 0.3) is 0 Å². The molecule has 0 atom stereocenters. The minimum absolute atomic E-state index is 0.00127. The fourth-order valence-corrected chi connectivity index (χ4v) is 2.36. The van der Waals surface area contributed by atoms with Crippen LogP contribution in [-0.2, 0) is 0 Å². The lowest BCUT2D eigenvalue weighted by molar-refractivity contribution is 0.0943. The lowest BCUT2D eigenvalue weighted by Crippen LogP contribution is -2.30. The molecule has 0 bridgehead atoms. The Bertz CT molecular complexity index is 562. The SMILES string of the molecule is CCC1(CNC(=O)c2cccc(C#CCN)c2C)CC1. The number of hydrogen-bond donors (Lipinski definition) is 2. The fourth-order valence-electron chi connectivity index (χ4n) is 2.36. The van der Waals surface area contributed by atoms with Crippen molar-refractivity contribution in [2.24, 2.45) is 11.1 Å². The maximum absolute atomic E-state index is 12.3. The molecular formula is C17H22N2O. The van der Waals surface area contributed by atoms with Gasteiger partial charge in [0.2, 0.25) is 0 Å². The molecule has 20 heavy (non-hydrogen) atoms. The summed E-state index contributed by atoms with van der Waals surface area (Å²) < 4.78 is 0. The smallest absolute Gasteiger partial charge is 0.251 e. The second-order valence-corrected chi connectivity index (χ2v) is 5.52. The van der Waals surface area contributed by atoms with E-state index in [1.807, 2.05) is 25.1 Å². The second-order valence-electron chi connectivity index (χ2n) is 5.52. The zero-order chi connectivity index (χ0) is 14.6. The molecule has 106 valence electrons. The molecule has 2 rings (SSSR count). The van der Waals surface area contributed by atoms with Gasteiger partial charge in [0, 0.05) is 17.7 Å². The molecule has 3 heteroatoms.